The summed E-state index contributed by atoms with van der Waals surface area (Å²) in [5.41, 5.74) is 0.594. The molecule has 2 heterocycles. The van der Waals surface area contributed by atoms with Gasteiger partial charge in [-0.05, 0) is 6.07 Å². The lowest BCUT2D eigenvalue weighted by atomic mass is 9.95. The maximum atomic E-state index is 9.10. The Morgan fingerprint density at radius 2 is 1.82 bits per heavy atom. The Hall–Kier alpha value is -0.735. The number of nitrogens with zero attached hydrogens (tertiary/aromatic N) is 2. The van der Waals surface area contributed by atoms with E-state index in [1.807, 2.05) is 32.6 Å². The van der Waals surface area contributed by atoms with Gasteiger partial charge in [0.25, 0.3) is 0 Å². The molecule has 17 heavy (non-hydrogen) atoms. The van der Waals surface area contributed by atoms with E-state index in [2.05, 4.69) is 4.98 Å². The van der Waals surface area contributed by atoms with Gasteiger partial charge in [-0.1, -0.05) is 50.8 Å². The summed E-state index contributed by atoms with van der Waals surface area (Å²) in [6, 6.07) is 3.37. The van der Waals surface area contributed by atoms with E-state index in [1.54, 1.807) is 12.1 Å². The van der Waals surface area contributed by atoms with Crippen LogP contribution in [0.4, 0.5) is 5.82 Å². The quantitative estimate of drug-likeness (QED) is 0.613. The number of aliphatic hydroxyl groups is 1. The zero-order valence-corrected chi connectivity index (χ0v) is 11.7. The summed E-state index contributed by atoms with van der Waals surface area (Å²) in [7, 11) is 5.70. The van der Waals surface area contributed by atoms with Crippen LogP contribution in [0.3, 0.4) is 0 Å². The standard InChI is InChI=1S/C8H8BClN2O.2C2H6/c9-6-1-2-7(10)11-8(6)12-3-5(13)4-12;2*1-2/h1-2,5,13H,3-4H2;2*1-2H3. The highest BCUT2D eigenvalue weighted by Crippen LogP contribution is 2.17. The van der Waals surface area contributed by atoms with Crippen LogP contribution in [0.25, 0.3) is 0 Å². The molecule has 1 N–H and O–H groups in total. The van der Waals surface area contributed by atoms with Crippen molar-refractivity contribution in [3.05, 3.63) is 17.3 Å². The van der Waals surface area contributed by atoms with E-state index >= 15 is 0 Å². The third-order valence-electron chi connectivity index (χ3n) is 2.03. The molecule has 0 unspecified atom stereocenters. The second kappa shape index (κ2) is 8.37. The Kier molecular flexibility index (Phi) is 8.01. The monoisotopic (exact) mass is 254 g/mol. The first-order valence-electron chi connectivity index (χ1n) is 6.02. The van der Waals surface area contributed by atoms with Crippen LogP contribution in [0, 0.1) is 0 Å². The maximum Gasteiger partial charge on any atom is 0.131 e. The summed E-state index contributed by atoms with van der Waals surface area (Å²) < 4.78 is 0. The first-order chi connectivity index (χ1) is 8.16. The van der Waals surface area contributed by atoms with E-state index in [1.165, 1.54) is 0 Å². The summed E-state index contributed by atoms with van der Waals surface area (Å²) in [6.45, 7) is 9.16. The Morgan fingerprint density at radius 1 is 1.29 bits per heavy atom. The number of β-amino-alcohol motifs (C(OH)–C–C–N with tert-alkyl or cyclic N) is 1. The summed E-state index contributed by atoms with van der Waals surface area (Å²) in [4.78, 5) is 5.98. The van der Waals surface area contributed by atoms with Crippen LogP contribution in [0.5, 0.6) is 0 Å². The van der Waals surface area contributed by atoms with Gasteiger partial charge >= 0.3 is 0 Å². The van der Waals surface area contributed by atoms with Gasteiger partial charge in [-0.15, -0.1) is 0 Å². The fourth-order valence-electron chi connectivity index (χ4n) is 1.32. The second-order valence-corrected chi connectivity index (χ2v) is 3.49. The van der Waals surface area contributed by atoms with Crippen LogP contribution < -0.4 is 10.4 Å². The SMILES string of the molecule is CC.CC.[B]c1ccc(Cl)nc1N1CC(O)C1. The number of hydrogen-bond acceptors (Lipinski definition) is 3. The molecular formula is C12H20BClN2O. The van der Waals surface area contributed by atoms with Crippen LogP contribution >= 0.6 is 11.6 Å². The number of aromatic nitrogens is 1. The molecule has 1 fully saturated rings. The summed E-state index contributed by atoms with van der Waals surface area (Å²) in [6.07, 6.45) is -0.264. The van der Waals surface area contributed by atoms with Gasteiger partial charge in [-0.3, -0.25) is 0 Å². The van der Waals surface area contributed by atoms with Gasteiger partial charge < -0.3 is 10.0 Å². The molecule has 2 rings (SSSR count). The number of aliphatic hydroxyl groups excluding tert-OH is 1. The molecule has 0 aromatic carbocycles. The van der Waals surface area contributed by atoms with Crippen molar-refractivity contribution in [1.29, 1.82) is 0 Å². The normalized spacial score (nSPS) is 13.9. The minimum absolute atomic E-state index is 0.264. The van der Waals surface area contributed by atoms with Crippen LogP contribution in [0.1, 0.15) is 27.7 Å². The zero-order chi connectivity index (χ0) is 13.4. The molecule has 0 amide bonds. The van der Waals surface area contributed by atoms with Crippen molar-refractivity contribution in [3.63, 3.8) is 0 Å². The lowest BCUT2D eigenvalue weighted by Crippen LogP contribution is -2.52. The molecular weight excluding hydrogens is 234 g/mol. The summed E-state index contributed by atoms with van der Waals surface area (Å²) >= 11 is 5.72. The molecule has 1 aromatic heterocycles. The fourth-order valence-corrected chi connectivity index (χ4v) is 1.46. The first kappa shape index (κ1) is 16.3. The average Bonchev–Trinajstić information content (AvgIpc) is 2.34. The van der Waals surface area contributed by atoms with Crippen LogP contribution in [0.2, 0.25) is 5.15 Å². The second-order valence-electron chi connectivity index (χ2n) is 3.11. The number of rotatable bonds is 1. The molecule has 0 spiro atoms. The van der Waals surface area contributed by atoms with Crippen molar-refractivity contribution >= 4 is 30.7 Å². The van der Waals surface area contributed by atoms with E-state index in [0.29, 0.717) is 29.5 Å². The number of pyridine rings is 1. The van der Waals surface area contributed by atoms with Gasteiger partial charge in [-0.25, -0.2) is 4.98 Å². The van der Waals surface area contributed by atoms with Gasteiger partial charge in [0.2, 0.25) is 0 Å². The molecule has 1 aliphatic heterocycles. The van der Waals surface area contributed by atoms with Crippen molar-refractivity contribution in [3.8, 4) is 0 Å². The number of hydrogen-bond donors (Lipinski definition) is 1. The van der Waals surface area contributed by atoms with Crippen molar-refractivity contribution in [2.45, 2.75) is 33.8 Å². The van der Waals surface area contributed by atoms with Crippen LogP contribution in [-0.2, 0) is 0 Å². The predicted molar refractivity (Wildman–Crippen MR) is 75.6 cm³/mol. The minimum Gasteiger partial charge on any atom is -0.389 e. The van der Waals surface area contributed by atoms with Gasteiger partial charge in [0.1, 0.15) is 18.8 Å². The molecule has 0 saturated carbocycles. The molecule has 94 valence electrons. The van der Waals surface area contributed by atoms with E-state index in [9.17, 15) is 0 Å². The average molecular weight is 255 g/mol. The number of halogens is 1. The minimum atomic E-state index is -0.264. The van der Waals surface area contributed by atoms with Gasteiger partial charge in [0.15, 0.2) is 0 Å². The molecule has 2 radical (unpaired) electrons. The predicted octanol–water partition coefficient (Wildman–Crippen LogP) is 1.76. The lowest BCUT2D eigenvalue weighted by molar-refractivity contribution is 0.141. The third kappa shape index (κ3) is 4.56. The van der Waals surface area contributed by atoms with Crippen molar-refractivity contribution in [2.75, 3.05) is 18.0 Å². The van der Waals surface area contributed by atoms with E-state index in [4.69, 9.17) is 24.6 Å². The molecule has 0 atom stereocenters. The first-order valence-corrected chi connectivity index (χ1v) is 6.39. The third-order valence-corrected chi connectivity index (χ3v) is 2.24. The van der Waals surface area contributed by atoms with E-state index in [-0.39, 0.29) is 6.10 Å². The van der Waals surface area contributed by atoms with Gasteiger partial charge in [-0.2, -0.15) is 0 Å². The zero-order valence-electron chi connectivity index (χ0n) is 10.9. The number of anilines is 1. The molecule has 1 aliphatic rings. The maximum absolute atomic E-state index is 9.10. The van der Waals surface area contributed by atoms with Crippen LogP contribution in [-0.4, -0.2) is 37.1 Å². The molecule has 5 heteroatoms. The largest absolute Gasteiger partial charge is 0.389 e. The Labute approximate surface area is 110 Å². The molecule has 0 aliphatic carbocycles. The lowest BCUT2D eigenvalue weighted by Gasteiger charge is -2.37. The highest BCUT2D eigenvalue weighted by atomic mass is 35.5. The Bertz CT molecular complexity index is 330. The van der Waals surface area contributed by atoms with Crippen LogP contribution in [0.15, 0.2) is 12.1 Å². The van der Waals surface area contributed by atoms with Crippen molar-refractivity contribution < 1.29 is 5.11 Å². The highest BCUT2D eigenvalue weighted by Gasteiger charge is 2.26. The molecule has 1 saturated heterocycles. The highest BCUT2D eigenvalue weighted by molar-refractivity contribution is 6.36. The summed E-state index contributed by atoms with van der Waals surface area (Å²) in [5.74, 6) is 0.665. The smallest absolute Gasteiger partial charge is 0.131 e. The van der Waals surface area contributed by atoms with Gasteiger partial charge in [0.05, 0.1) is 6.10 Å². The molecule has 3 nitrogen and oxygen atoms in total. The molecule has 1 aromatic rings. The van der Waals surface area contributed by atoms with E-state index < -0.39 is 0 Å². The topological polar surface area (TPSA) is 36.4 Å². The molecule has 0 bridgehead atoms. The van der Waals surface area contributed by atoms with Crippen molar-refractivity contribution in [2.24, 2.45) is 0 Å². The van der Waals surface area contributed by atoms with Crippen molar-refractivity contribution in [1.82, 2.24) is 4.98 Å². The Morgan fingerprint density at radius 3 is 2.29 bits per heavy atom. The Balaban J connectivity index is 0.000000581. The fraction of sp³-hybridized carbons (Fsp3) is 0.583. The summed E-state index contributed by atoms with van der Waals surface area (Å²) in [5, 5.41) is 9.52. The van der Waals surface area contributed by atoms with Gasteiger partial charge in [0, 0.05) is 13.1 Å². The van der Waals surface area contributed by atoms with E-state index in [0.717, 1.165) is 0 Å².